The standard InChI is InChI=1S/C22H26N4O3/c1-25(2)19(17-9-5-7-11-20(17)29-3)14-23-21(27)12-13-26-15-24-18-10-6-4-8-16(18)22(26)28/h4-11,15,19H,12-14H2,1-3H3,(H,23,27). The van der Waals surface area contributed by atoms with Gasteiger partial charge in [-0.05, 0) is 32.3 Å². The van der Waals surface area contributed by atoms with Crippen LogP contribution in [-0.4, -0.2) is 48.1 Å². The summed E-state index contributed by atoms with van der Waals surface area (Å²) >= 11 is 0. The Balaban J connectivity index is 1.63. The van der Waals surface area contributed by atoms with E-state index in [4.69, 9.17) is 4.74 Å². The number of para-hydroxylation sites is 2. The highest BCUT2D eigenvalue weighted by Crippen LogP contribution is 2.27. The summed E-state index contributed by atoms with van der Waals surface area (Å²) in [5, 5.41) is 3.52. The summed E-state index contributed by atoms with van der Waals surface area (Å²) < 4.78 is 6.93. The number of carbonyl (C=O) groups excluding carboxylic acids is 1. The summed E-state index contributed by atoms with van der Waals surface area (Å²) in [6, 6.07) is 14.9. The number of carbonyl (C=O) groups is 1. The number of fused-ring (bicyclic) bond motifs is 1. The molecule has 1 amide bonds. The van der Waals surface area contributed by atoms with Crippen molar-refractivity contribution in [2.75, 3.05) is 27.7 Å². The number of nitrogens with one attached hydrogen (secondary N) is 1. The van der Waals surface area contributed by atoms with Crippen molar-refractivity contribution >= 4 is 16.8 Å². The molecule has 0 saturated carbocycles. The summed E-state index contributed by atoms with van der Waals surface area (Å²) in [5.74, 6) is 0.668. The molecule has 0 aliphatic rings. The zero-order chi connectivity index (χ0) is 20.8. The normalized spacial score (nSPS) is 12.1. The first-order valence-corrected chi connectivity index (χ1v) is 9.51. The van der Waals surface area contributed by atoms with Crippen molar-refractivity contribution in [3.05, 3.63) is 70.8 Å². The SMILES string of the molecule is COc1ccccc1C(CNC(=O)CCn1cnc2ccccc2c1=O)N(C)C. The first kappa shape index (κ1) is 20.5. The van der Waals surface area contributed by atoms with Gasteiger partial charge in [0, 0.05) is 25.1 Å². The molecule has 0 bridgehead atoms. The van der Waals surface area contributed by atoms with Crippen LogP contribution in [0.25, 0.3) is 10.9 Å². The van der Waals surface area contributed by atoms with Crippen molar-refractivity contribution in [1.29, 1.82) is 0 Å². The van der Waals surface area contributed by atoms with Crippen molar-refractivity contribution in [3.8, 4) is 5.75 Å². The van der Waals surface area contributed by atoms with Crippen LogP contribution in [0.1, 0.15) is 18.0 Å². The minimum Gasteiger partial charge on any atom is -0.496 e. The molecule has 0 aliphatic carbocycles. The maximum Gasteiger partial charge on any atom is 0.261 e. The predicted molar refractivity (Wildman–Crippen MR) is 113 cm³/mol. The topological polar surface area (TPSA) is 76.5 Å². The fraction of sp³-hybridized carbons (Fsp3) is 0.318. The maximum atomic E-state index is 12.5. The minimum absolute atomic E-state index is 0.0276. The highest BCUT2D eigenvalue weighted by molar-refractivity contribution is 5.77. The first-order valence-electron chi connectivity index (χ1n) is 9.51. The molecule has 0 fully saturated rings. The number of nitrogens with zero attached hydrogens (tertiary/aromatic N) is 3. The number of benzene rings is 2. The van der Waals surface area contributed by atoms with Gasteiger partial charge < -0.3 is 15.0 Å². The van der Waals surface area contributed by atoms with E-state index in [9.17, 15) is 9.59 Å². The van der Waals surface area contributed by atoms with Gasteiger partial charge in [-0.3, -0.25) is 14.2 Å². The number of rotatable bonds is 8. The van der Waals surface area contributed by atoms with Gasteiger partial charge in [0.1, 0.15) is 5.75 Å². The lowest BCUT2D eigenvalue weighted by atomic mass is 10.0. The van der Waals surface area contributed by atoms with Crippen molar-refractivity contribution in [2.24, 2.45) is 0 Å². The number of hydrogen-bond acceptors (Lipinski definition) is 5. The molecule has 0 aliphatic heterocycles. The molecule has 3 rings (SSSR count). The van der Waals surface area contributed by atoms with Crippen molar-refractivity contribution in [1.82, 2.24) is 19.8 Å². The lowest BCUT2D eigenvalue weighted by Crippen LogP contribution is -2.35. The Hall–Kier alpha value is -3.19. The summed E-state index contributed by atoms with van der Waals surface area (Å²) in [4.78, 5) is 31.3. The van der Waals surface area contributed by atoms with Gasteiger partial charge in [0.25, 0.3) is 5.56 Å². The molecule has 1 heterocycles. The Labute approximate surface area is 169 Å². The molecule has 1 atom stereocenters. The van der Waals surface area contributed by atoms with Crippen LogP contribution in [0.4, 0.5) is 0 Å². The van der Waals surface area contributed by atoms with E-state index in [1.165, 1.54) is 10.9 Å². The minimum atomic E-state index is -0.136. The van der Waals surface area contributed by atoms with Gasteiger partial charge in [0.05, 0.1) is 30.4 Å². The smallest absolute Gasteiger partial charge is 0.261 e. The average Bonchev–Trinajstić information content (AvgIpc) is 2.73. The molecular formula is C22H26N4O3. The number of aromatic nitrogens is 2. The Kier molecular flexibility index (Phi) is 6.61. The molecule has 0 radical (unpaired) electrons. The summed E-state index contributed by atoms with van der Waals surface area (Å²) in [5.41, 5.74) is 1.53. The van der Waals surface area contributed by atoms with Crippen LogP contribution in [0.15, 0.2) is 59.7 Å². The average molecular weight is 394 g/mol. The van der Waals surface area contributed by atoms with Gasteiger partial charge in [0.15, 0.2) is 0 Å². The summed E-state index contributed by atoms with van der Waals surface area (Å²) in [6.07, 6.45) is 1.70. The monoisotopic (exact) mass is 394 g/mol. The first-order chi connectivity index (χ1) is 14.0. The number of methoxy groups -OCH3 is 1. The second-order valence-electron chi connectivity index (χ2n) is 7.04. The van der Waals surface area contributed by atoms with Crippen LogP contribution in [0.5, 0.6) is 5.75 Å². The predicted octanol–water partition coefficient (Wildman–Crippen LogP) is 2.21. The van der Waals surface area contributed by atoms with E-state index in [1.54, 1.807) is 19.2 Å². The molecule has 29 heavy (non-hydrogen) atoms. The molecule has 1 N–H and O–H groups in total. The highest BCUT2D eigenvalue weighted by Gasteiger charge is 2.19. The Morgan fingerprint density at radius 3 is 2.66 bits per heavy atom. The number of likely N-dealkylation sites (N-methyl/N-ethyl adjacent to an activating group) is 1. The zero-order valence-electron chi connectivity index (χ0n) is 17.0. The summed E-state index contributed by atoms with van der Waals surface area (Å²) in [7, 11) is 5.56. The molecule has 3 aromatic rings. The van der Waals surface area contributed by atoms with E-state index < -0.39 is 0 Å². The molecule has 0 spiro atoms. The third-order valence-electron chi connectivity index (χ3n) is 4.93. The largest absolute Gasteiger partial charge is 0.496 e. The lowest BCUT2D eigenvalue weighted by molar-refractivity contribution is -0.121. The molecular weight excluding hydrogens is 368 g/mol. The molecule has 1 unspecified atom stereocenters. The summed E-state index contributed by atoms with van der Waals surface area (Å²) in [6.45, 7) is 0.723. The highest BCUT2D eigenvalue weighted by atomic mass is 16.5. The van der Waals surface area contributed by atoms with Crippen molar-refractivity contribution in [2.45, 2.75) is 19.0 Å². The van der Waals surface area contributed by atoms with Gasteiger partial charge in [-0.25, -0.2) is 4.98 Å². The van der Waals surface area contributed by atoms with E-state index in [1.807, 2.05) is 55.4 Å². The molecule has 2 aromatic carbocycles. The molecule has 7 heteroatoms. The van der Waals surface area contributed by atoms with Crippen LogP contribution in [0, 0.1) is 0 Å². The van der Waals surface area contributed by atoms with Crippen LogP contribution < -0.4 is 15.6 Å². The van der Waals surface area contributed by atoms with Crippen molar-refractivity contribution < 1.29 is 9.53 Å². The van der Waals surface area contributed by atoms with E-state index in [2.05, 4.69) is 10.3 Å². The van der Waals surface area contributed by atoms with E-state index in [0.717, 1.165) is 11.3 Å². The Morgan fingerprint density at radius 1 is 1.17 bits per heavy atom. The van der Waals surface area contributed by atoms with Gasteiger partial charge >= 0.3 is 0 Å². The number of hydrogen-bond donors (Lipinski definition) is 1. The Bertz CT molecular complexity index is 1050. The number of ether oxygens (including phenoxy) is 1. The fourth-order valence-electron chi connectivity index (χ4n) is 3.30. The second-order valence-corrected chi connectivity index (χ2v) is 7.04. The fourth-order valence-corrected chi connectivity index (χ4v) is 3.30. The van der Waals surface area contributed by atoms with Crippen molar-refractivity contribution in [3.63, 3.8) is 0 Å². The second kappa shape index (κ2) is 9.34. The van der Waals surface area contributed by atoms with Crippen LogP contribution in [-0.2, 0) is 11.3 Å². The Morgan fingerprint density at radius 2 is 1.90 bits per heavy atom. The number of aryl methyl sites for hydroxylation is 1. The lowest BCUT2D eigenvalue weighted by Gasteiger charge is -2.26. The molecule has 152 valence electrons. The molecule has 1 aromatic heterocycles. The van der Waals surface area contributed by atoms with E-state index >= 15 is 0 Å². The third kappa shape index (κ3) is 4.81. The van der Waals surface area contributed by atoms with Crippen LogP contribution in [0.2, 0.25) is 0 Å². The van der Waals surface area contributed by atoms with Gasteiger partial charge in [-0.2, -0.15) is 0 Å². The van der Waals surface area contributed by atoms with Gasteiger partial charge in [-0.15, -0.1) is 0 Å². The zero-order valence-corrected chi connectivity index (χ0v) is 17.0. The maximum absolute atomic E-state index is 12.5. The quantitative estimate of drug-likeness (QED) is 0.634. The van der Waals surface area contributed by atoms with E-state index in [-0.39, 0.29) is 30.5 Å². The van der Waals surface area contributed by atoms with Gasteiger partial charge in [-0.1, -0.05) is 30.3 Å². The molecule has 0 saturated heterocycles. The molecule has 7 nitrogen and oxygen atoms in total. The van der Waals surface area contributed by atoms with Gasteiger partial charge in [0.2, 0.25) is 5.91 Å². The van der Waals surface area contributed by atoms with Crippen LogP contribution >= 0.6 is 0 Å². The van der Waals surface area contributed by atoms with Crippen LogP contribution in [0.3, 0.4) is 0 Å². The van der Waals surface area contributed by atoms with E-state index in [0.29, 0.717) is 17.4 Å². The number of amides is 1. The third-order valence-corrected chi connectivity index (χ3v) is 4.93.